The lowest BCUT2D eigenvalue weighted by molar-refractivity contribution is 0.188. The molecule has 0 saturated carbocycles. The zero-order chi connectivity index (χ0) is 15.8. The van der Waals surface area contributed by atoms with Crippen molar-refractivity contribution in [3.8, 4) is 0 Å². The van der Waals surface area contributed by atoms with Gasteiger partial charge in [-0.15, -0.1) is 0 Å². The second kappa shape index (κ2) is 5.92. The summed E-state index contributed by atoms with van der Waals surface area (Å²) in [6, 6.07) is 4.54. The van der Waals surface area contributed by atoms with Crippen LogP contribution in [0.25, 0.3) is 0 Å². The van der Waals surface area contributed by atoms with Crippen molar-refractivity contribution in [2.75, 3.05) is 32.9 Å². The molecule has 2 atom stereocenters. The molecule has 118 valence electrons. The smallest absolute Gasteiger partial charge is 0.243 e. The van der Waals surface area contributed by atoms with Crippen LogP contribution in [-0.2, 0) is 10.0 Å². The van der Waals surface area contributed by atoms with E-state index in [1.807, 2.05) is 25.9 Å². The summed E-state index contributed by atoms with van der Waals surface area (Å²) in [5, 5.41) is 9.84. The van der Waals surface area contributed by atoms with E-state index >= 15 is 0 Å². The minimum atomic E-state index is -3.64. The Morgan fingerprint density at radius 2 is 2.10 bits per heavy atom. The first-order valence-corrected chi connectivity index (χ1v) is 8.36. The first-order valence-electron chi connectivity index (χ1n) is 6.92. The first-order chi connectivity index (χ1) is 9.71. The van der Waals surface area contributed by atoms with Crippen molar-refractivity contribution in [2.24, 2.45) is 0 Å². The van der Waals surface area contributed by atoms with Crippen LogP contribution in [0, 0.1) is 6.92 Å². The van der Waals surface area contributed by atoms with E-state index in [0.29, 0.717) is 18.7 Å². The molecule has 1 aliphatic rings. The van der Waals surface area contributed by atoms with Gasteiger partial charge >= 0.3 is 0 Å². The average molecular weight is 313 g/mol. The predicted molar refractivity (Wildman–Crippen MR) is 82.4 cm³/mol. The molecule has 1 heterocycles. The van der Waals surface area contributed by atoms with Crippen LogP contribution in [0.2, 0.25) is 0 Å². The number of nitrogen functional groups attached to an aromatic ring is 1. The number of nitrogens with zero attached hydrogens (tertiary/aromatic N) is 2. The lowest BCUT2D eigenvalue weighted by atomic mass is 10.2. The number of aliphatic hydroxyl groups is 1. The average Bonchev–Trinajstić information content (AvgIpc) is 2.73. The zero-order valence-electron chi connectivity index (χ0n) is 12.7. The van der Waals surface area contributed by atoms with E-state index in [0.717, 1.165) is 5.56 Å². The van der Waals surface area contributed by atoms with Gasteiger partial charge in [0.05, 0.1) is 11.0 Å². The molecule has 1 fully saturated rings. The van der Waals surface area contributed by atoms with Crippen LogP contribution in [0.5, 0.6) is 0 Å². The van der Waals surface area contributed by atoms with E-state index < -0.39 is 16.1 Å². The highest BCUT2D eigenvalue weighted by Crippen LogP contribution is 2.28. The predicted octanol–water partition coefficient (Wildman–Crippen LogP) is 0.263. The van der Waals surface area contributed by atoms with Gasteiger partial charge in [-0.3, -0.25) is 0 Å². The molecule has 0 spiro atoms. The Bertz CT molecular complexity index is 616. The van der Waals surface area contributed by atoms with E-state index in [9.17, 15) is 13.5 Å². The molecule has 1 aromatic carbocycles. The summed E-state index contributed by atoms with van der Waals surface area (Å²) in [6.07, 6.45) is -0.161. The first kappa shape index (κ1) is 16.2. The topological polar surface area (TPSA) is 86.9 Å². The number of benzene rings is 1. The summed E-state index contributed by atoms with van der Waals surface area (Å²) in [6.45, 7) is 2.55. The second-order valence-electron chi connectivity index (χ2n) is 5.90. The Morgan fingerprint density at radius 3 is 2.67 bits per heavy atom. The molecular formula is C14H23N3O3S. The number of aliphatic hydroxyl groups excluding tert-OH is 1. The second-order valence-corrected chi connectivity index (χ2v) is 7.79. The number of anilines is 1. The molecule has 2 unspecified atom stereocenters. The van der Waals surface area contributed by atoms with Crippen molar-refractivity contribution in [2.45, 2.75) is 30.4 Å². The minimum absolute atomic E-state index is 0.134. The van der Waals surface area contributed by atoms with Crippen LogP contribution in [0.1, 0.15) is 12.0 Å². The molecule has 1 aromatic rings. The Labute approximate surface area is 126 Å². The van der Waals surface area contributed by atoms with Gasteiger partial charge in [-0.05, 0) is 45.1 Å². The molecular weight excluding hydrogens is 290 g/mol. The molecule has 21 heavy (non-hydrogen) atoms. The third-order valence-electron chi connectivity index (χ3n) is 3.78. The number of hydrogen-bond acceptors (Lipinski definition) is 5. The number of hydrogen-bond donors (Lipinski definition) is 2. The highest BCUT2D eigenvalue weighted by atomic mass is 32.2. The molecule has 3 N–H and O–H groups in total. The van der Waals surface area contributed by atoms with E-state index in [4.69, 9.17) is 5.73 Å². The van der Waals surface area contributed by atoms with Crippen LogP contribution in [0.15, 0.2) is 23.1 Å². The van der Waals surface area contributed by atoms with Crippen LogP contribution >= 0.6 is 0 Å². The van der Waals surface area contributed by atoms with Gasteiger partial charge in [0.15, 0.2) is 0 Å². The molecule has 2 rings (SSSR count). The van der Waals surface area contributed by atoms with Gasteiger partial charge in [-0.2, -0.15) is 4.31 Å². The maximum absolute atomic E-state index is 12.8. The zero-order valence-corrected chi connectivity index (χ0v) is 13.5. The van der Waals surface area contributed by atoms with Crippen molar-refractivity contribution in [1.82, 2.24) is 9.21 Å². The fourth-order valence-electron chi connectivity index (χ4n) is 2.66. The summed E-state index contributed by atoms with van der Waals surface area (Å²) < 4.78 is 26.9. The van der Waals surface area contributed by atoms with Crippen LogP contribution in [0.4, 0.5) is 5.69 Å². The normalized spacial score (nSPS) is 23.9. The highest BCUT2D eigenvalue weighted by molar-refractivity contribution is 7.89. The lowest BCUT2D eigenvalue weighted by Crippen LogP contribution is -2.41. The number of likely N-dealkylation sites (N-methyl/N-ethyl adjacent to an activating group) is 1. The molecule has 0 aliphatic carbocycles. The third-order valence-corrected chi connectivity index (χ3v) is 5.69. The minimum Gasteiger partial charge on any atom is -0.398 e. The Kier molecular flexibility index (Phi) is 4.57. The highest BCUT2D eigenvalue weighted by Gasteiger charge is 2.39. The standard InChI is InChI=1S/C14H23N3O3S/c1-10-4-5-13(7-14(10)15)21(19,20)17-9-12(18)6-11(17)8-16(2)3/h4-5,7,11-12,18H,6,8-9,15H2,1-3H3. The van der Waals surface area contributed by atoms with Crippen molar-refractivity contribution < 1.29 is 13.5 Å². The van der Waals surface area contributed by atoms with E-state index in [1.54, 1.807) is 12.1 Å². The van der Waals surface area contributed by atoms with Gasteiger partial charge in [0, 0.05) is 24.8 Å². The van der Waals surface area contributed by atoms with Crippen LogP contribution < -0.4 is 5.73 Å². The fourth-order valence-corrected chi connectivity index (χ4v) is 4.36. The lowest BCUT2D eigenvalue weighted by Gasteiger charge is -2.26. The summed E-state index contributed by atoms with van der Waals surface area (Å²) in [4.78, 5) is 2.11. The van der Waals surface area contributed by atoms with Crippen LogP contribution in [0.3, 0.4) is 0 Å². The number of aryl methyl sites for hydroxylation is 1. The monoisotopic (exact) mass is 313 g/mol. The summed E-state index contributed by atoms with van der Waals surface area (Å²) in [5.41, 5.74) is 7.12. The van der Waals surface area contributed by atoms with Crippen molar-refractivity contribution in [3.05, 3.63) is 23.8 Å². The van der Waals surface area contributed by atoms with Crippen molar-refractivity contribution in [3.63, 3.8) is 0 Å². The van der Waals surface area contributed by atoms with Gasteiger partial charge in [-0.1, -0.05) is 6.07 Å². The van der Waals surface area contributed by atoms with Crippen LogP contribution in [-0.4, -0.2) is 62.1 Å². The van der Waals surface area contributed by atoms with Gasteiger partial charge < -0.3 is 15.7 Å². The number of rotatable bonds is 4. The Hall–Kier alpha value is -1.15. The van der Waals surface area contributed by atoms with Crippen molar-refractivity contribution >= 4 is 15.7 Å². The van der Waals surface area contributed by atoms with Gasteiger partial charge in [0.25, 0.3) is 0 Å². The SMILES string of the molecule is Cc1ccc(S(=O)(=O)N2CC(O)CC2CN(C)C)cc1N. The molecule has 0 aromatic heterocycles. The van der Waals surface area contributed by atoms with Gasteiger partial charge in [0.1, 0.15) is 0 Å². The van der Waals surface area contributed by atoms with Crippen molar-refractivity contribution in [1.29, 1.82) is 0 Å². The Morgan fingerprint density at radius 1 is 1.43 bits per heavy atom. The molecule has 0 bridgehead atoms. The third kappa shape index (κ3) is 3.37. The number of sulfonamides is 1. The fraction of sp³-hybridized carbons (Fsp3) is 0.571. The molecule has 6 nitrogen and oxygen atoms in total. The summed E-state index contributed by atoms with van der Waals surface area (Å²) in [7, 11) is 0.138. The molecule has 0 amide bonds. The van der Waals surface area contributed by atoms with Gasteiger partial charge in [0.2, 0.25) is 10.0 Å². The van der Waals surface area contributed by atoms with E-state index in [1.165, 1.54) is 10.4 Å². The molecule has 0 radical (unpaired) electrons. The summed E-state index contributed by atoms with van der Waals surface area (Å²) in [5.74, 6) is 0. The number of β-amino-alcohol motifs (C(OH)–C–C–N with tert-alkyl or cyclic N) is 1. The maximum atomic E-state index is 12.8. The largest absolute Gasteiger partial charge is 0.398 e. The Balaban J connectivity index is 2.34. The number of nitrogens with two attached hydrogens (primary N) is 1. The quantitative estimate of drug-likeness (QED) is 0.779. The summed E-state index contributed by atoms with van der Waals surface area (Å²) >= 11 is 0. The van der Waals surface area contributed by atoms with Gasteiger partial charge in [-0.25, -0.2) is 8.42 Å². The van der Waals surface area contributed by atoms with E-state index in [2.05, 4.69) is 0 Å². The molecule has 1 saturated heterocycles. The maximum Gasteiger partial charge on any atom is 0.243 e. The molecule has 7 heteroatoms. The molecule has 1 aliphatic heterocycles. The van der Waals surface area contributed by atoms with E-state index in [-0.39, 0.29) is 17.5 Å².